The van der Waals surface area contributed by atoms with Crippen LogP contribution in [0.15, 0.2) is 0 Å². The summed E-state index contributed by atoms with van der Waals surface area (Å²) in [6, 6.07) is 0. The summed E-state index contributed by atoms with van der Waals surface area (Å²) >= 11 is 0. The van der Waals surface area contributed by atoms with Crippen molar-refractivity contribution in [2.75, 3.05) is 0 Å². The maximum atomic E-state index is 13.8. The highest BCUT2D eigenvalue weighted by molar-refractivity contribution is 5.85. The van der Waals surface area contributed by atoms with E-state index in [-0.39, 0.29) is 11.8 Å². The summed E-state index contributed by atoms with van der Waals surface area (Å²) < 4.78 is 13.8. The molecule has 2 fully saturated rings. The van der Waals surface area contributed by atoms with Crippen molar-refractivity contribution in [1.29, 1.82) is 0 Å². The highest BCUT2D eigenvalue weighted by Crippen LogP contribution is 2.54. The second-order valence-electron chi connectivity index (χ2n) is 3.68. The van der Waals surface area contributed by atoms with Gasteiger partial charge in [-0.15, -0.1) is 0 Å². The van der Waals surface area contributed by atoms with Crippen LogP contribution in [0.3, 0.4) is 0 Å². The molecule has 0 aromatic carbocycles. The predicted octanol–water partition coefficient (Wildman–Crippen LogP) is 1.00. The summed E-state index contributed by atoms with van der Waals surface area (Å²) in [4.78, 5) is 10.8. The second-order valence-corrected chi connectivity index (χ2v) is 3.68. The zero-order chi connectivity index (χ0) is 8.06. The molecule has 2 aliphatic rings. The molecular formula is C8H12FNO. The van der Waals surface area contributed by atoms with Crippen LogP contribution in [0.2, 0.25) is 0 Å². The van der Waals surface area contributed by atoms with Gasteiger partial charge in [0.05, 0.1) is 0 Å². The summed E-state index contributed by atoms with van der Waals surface area (Å²) in [5.41, 5.74) is 3.40. The normalized spacial score (nSPS) is 25.2. The number of hydrogen-bond donors (Lipinski definition) is 1. The maximum Gasteiger partial charge on any atom is 0.255 e. The molecule has 0 spiro atoms. The van der Waals surface area contributed by atoms with Gasteiger partial charge in [0.15, 0.2) is 5.67 Å². The van der Waals surface area contributed by atoms with E-state index in [9.17, 15) is 9.18 Å². The fourth-order valence-corrected chi connectivity index (χ4v) is 1.74. The fourth-order valence-electron chi connectivity index (χ4n) is 1.74. The molecule has 2 aliphatic carbocycles. The minimum Gasteiger partial charge on any atom is -0.367 e. The van der Waals surface area contributed by atoms with Crippen LogP contribution < -0.4 is 5.73 Å². The highest BCUT2D eigenvalue weighted by atomic mass is 19.1. The lowest BCUT2D eigenvalue weighted by molar-refractivity contribution is -0.132. The number of amides is 1. The van der Waals surface area contributed by atoms with Crippen molar-refractivity contribution >= 4 is 5.91 Å². The molecule has 0 aromatic rings. The quantitative estimate of drug-likeness (QED) is 0.652. The van der Waals surface area contributed by atoms with E-state index >= 15 is 0 Å². The van der Waals surface area contributed by atoms with E-state index in [2.05, 4.69) is 0 Å². The molecular weight excluding hydrogens is 145 g/mol. The Labute approximate surface area is 64.9 Å². The molecule has 0 radical (unpaired) electrons. The third-order valence-electron chi connectivity index (χ3n) is 2.72. The van der Waals surface area contributed by atoms with Gasteiger partial charge in [0.1, 0.15) is 0 Å². The van der Waals surface area contributed by atoms with Crippen molar-refractivity contribution in [3.05, 3.63) is 0 Å². The third-order valence-corrected chi connectivity index (χ3v) is 2.72. The van der Waals surface area contributed by atoms with Crippen LogP contribution in [-0.2, 0) is 4.79 Å². The average molecular weight is 157 g/mol. The molecule has 2 saturated carbocycles. The molecule has 62 valence electrons. The lowest BCUT2D eigenvalue weighted by atomic mass is 9.93. The number of rotatable bonds is 3. The van der Waals surface area contributed by atoms with E-state index in [0.717, 1.165) is 25.7 Å². The number of alkyl halides is 1. The molecule has 2 rings (SSSR count). The number of carbonyl (C=O) groups is 1. The SMILES string of the molecule is NC(=O)C(F)(C1CC1)C1CC1. The molecule has 0 saturated heterocycles. The van der Waals surface area contributed by atoms with Crippen molar-refractivity contribution in [3.63, 3.8) is 0 Å². The van der Waals surface area contributed by atoms with Crippen LogP contribution >= 0.6 is 0 Å². The summed E-state index contributed by atoms with van der Waals surface area (Å²) in [6.45, 7) is 0. The lowest BCUT2D eigenvalue weighted by Gasteiger charge is -2.20. The van der Waals surface area contributed by atoms with Gasteiger partial charge in [-0.3, -0.25) is 4.79 Å². The lowest BCUT2D eigenvalue weighted by Crippen LogP contribution is -2.43. The molecule has 0 aromatic heterocycles. The van der Waals surface area contributed by atoms with Crippen LogP contribution in [0.5, 0.6) is 0 Å². The largest absolute Gasteiger partial charge is 0.367 e. The van der Waals surface area contributed by atoms with Crippen LogP contribution in [0, 0.1) is 11.8 Å². The second kappa shape index (κ2) is 1.96. The van der Waals surface area contributed by atoms with Gasteiger partial charge in [0, 0.05) is 11.8 Å². The Morgan fingerprint density at radius 2 is 1.64 bits per heavy atom. The van der Waals surface area contributed by atoms with Crippen LogP contribution in [0.1, 0.15) is 25.7 Å². The van der Waals surface area contributed by atoms with Crippen LogP contribution in [0.4, 0.5) is 4.39 Å². The van der Waals surface area contributed by atoms with Crippen molar-refractivity contribution in [3.8, 4) is 0 Å². The summed E-state index contributed by atoms with van der Waals surface area (Å²) in [7, 11) is 0. The molecule has 3 heteroatoms. The number of hydrogen-bond acceptors (Lipinski definition) is 1. The van der Waals surface area contributed by atoms with Gasteiger partial charge < -0.3 is 5.73 Å². The van der Waals surface area contributed by atoms with Gasteiger partial charge in [-0.05, 0) is 25.7 Å². The number of nitrogens with two attached hydrogens (primary N) is 1. The van der Waals surface area contributed by atoms with Crippen molar-refractivity contribution < 1.29 is 9.18 Å². The van der Waals surface area contributed by atoms with Gasteiger partial charge in [0.2, 0.25) is 0 Å². The summed E-state index contributed by atoms with van der Waals surface area (Å²) in [6.07, 6.45) is 3.37. The molecule has 0 atom stereocenters. The van der Waals surface area contributed by atoms with Crippen LogP contribution in [0.25, 0.3) is 0 Å². The van der Waals surface area contributed by atoms with Crippen molar-refractivity contribution in [2.24, 2.45) is 17.6 Å². The number of primary amides is 1. The van der Waals surface area contributed by atoms with Crippen molar-refractivity contribution in [1.82, 2.24) is 0 Å². The molecule has 1 amide bonds. The zero-order valence-electron chi connectivity index (χ0n) is 6.35. The summed E-state index contributed by atoms with van der Waals surface area (Å²) in [5.74, 6) is -0.831. The van der Waals surface area contributed by atoms with E-state index in [1.54, 1.807) is 0 Å². The minimum atomic E-state index is -1.64. The molecule has 0 unspecified atom stereocenters. The zero-order valence-corrected chi connectivity index (χ0v) is 6.35. The Bertz CT molecular complexity index is 184. The molecule has 11 heavy (non-hydrogen) atoms. The maximum absolute atomic E-state index is 13.8. The van der Waals surface area contributed by atoms with Gasteiger partial charge >= 0.3 is 0 Å². The smallest absolute Gasteiger partial charge is 0.255 e. The topological polar surface area (TPSA) is 43.1 Å². The van der Waals surface area contributed by atoms with E-state index in [1.807, 2.05) is 0 Å². The van der Waals surface area contributed by atoms with Crippen LogP contribution in [-0.4, -0.2) is 11.6 Å². The highest BCUT2D eigenvalue weighted by Gasteiger charge is 2.59. The monoisotopic (exact) mass is 157 g/mol. The first-order chi connectivity index (χ1) is 5.15. The summed E-state index contributed by atoms with van der Waals surface area (Å²) in [5, 5.41) is 0. The Morgan fingerprint density at radius 3 is 1.82 bits per heavy atom. The first kappa shape index (κ1) is 7.07. The number of carbonyl (C=O) groups excluding carboxylic acids is 1. The predicted molar refractivity (Wildman–Crippen MR) is 38.5 cm³/mol. The fraction of sp³-hybridized carbons (Fsp3) is 0.875. The Morgan fingerprint density at radius 1 is 1.27 bits per heavy atom. The van der Waals surface area contributed by atoms with E-state index in [1.165, 1.54) is 0 Å². The molecule has 2 N–H and O–H groups in total. The Kier molecular flexibility index (Phi) is 1.26. The molecule has 0 aliphatic heterocycles. The standard InChI is InChI=1S/C8H12FNO/c9-8(7(10)11,5-1-2-5)6-3-4-6/h5-6H,1-4H2,(H2,10,11). The first-order valence-corrected chi connectivity index (χ1v) is 4.14. The molecule has 0 heterocycles. The van der Waals surface area contributed by atoms with Gasteiger partial charge in [-0.1, -0.05) is 0 Å². The molecule has 2 nitrogen and oxygen atoms in total. The van der Waals surface area contributed by atoms with E-state index < -0.39 is 11.6 Å². The van der Waals surface area contributed by atoms with Crippen molar-refractivity contribution in [2.45, 2.75) is 31.4 Å². The van der Waals surface area contributed by atoms with E-state index in [0.29, 0.717) is 0 Å². The van der Waals surface area contributed by atoms with Gasteiger partial charge in [-0.2, -0.15) is 0 Å². The van der Waals surface area contributed by atoms with E-state index in [4.69, 9.17) is 5.73 Å². The van der Waals surface area contributed by atoms with Gasteiger partial charge in [-0.25, -0.2) is 4.39 Å². The number of halogens is 1. The Balaban J connectivity index is 2.16. The Hall–Kier alpha value is -0.600. The first-order valence-electron chi connectivity index (χ1n) is 4.14. The molecule has 0 bridgehead atoms. The minimum absolute atomic E-state index is 0.0486. The third kappa shape index (κ3) is 0.940. The van der Waals surface area contributed by atoms with Gasteiger partial charge in [0.25, 0.3) is 5.91 Å². The average Bonchev–Trinajstić information content (AvgIpc) is 2.79.